The minimum Gasteiger partial charge on any atom is -0.382 e. The fourth-order valence-electron chi connectivity index (χ4n) is 0.986. The molecule has 3 heteroatoms. The van der Waals surface area contributed by atoms with Crippen molar-refractivity contribution in [2.45, 2.75) is 20.8 Å². The Morgan fingerprint density at radius 3 is 2.67 bits per heavy atom. The summed E-state index contributed by atoms with van der Waals surface area (Å²) in [5, 5.41) is 7.50. The third-order valence-corrected chi connectivity index (χ3v) is 1.94. The largest absolute Gasteiger partial charge is 0.382 e. The van der Waals surface area contributed by atoms with E-state index in [-0.39, 0.29) is 0 Å². The van der Waals surface area contributed by atoms with Crippen LogP contribution in [0.5, 0.6) is 0 Å². The average Bonchev–Trinajstić information content (AvgIpc) is 2.30. The van der Waals surface area contributed by atoms with Gasteiger partial charge in [-0.1, -0.05) is 13.8 Å². The molecule has 3 nitrogen and oxygen atoms in total. The van der Waals surface area contributed by atoms with Gasteiger partial charge in [0.05, 0.1) is 17.6 Å². The van der Waals surface area contributed by atoms with Crippen LogP contribution in [0.1, 0.15) is 19.5 Å². The molecule has 1 aromatic heterocycles. The molecule has 1 rings (SSSR count). The van der Waals surface area contributed by atoms with Gasteiger partial charge in [-0.25, -0.2) is 0 Å². The second-order valence-electron chi connectivity index (χ2n) is 3.54. The first-order chi connectivity index (χ1) is 5.61. The Kier molecular flexibility index (Phi) is 2.74. The Balaban J connectivity index is 2.58. The Morgan fingerprint density at radius 1 is 1.58 bits per heavy atom. The van der Waals surface area contributed by atoms with Crippen LogP contribution in [0.3, 0.4) is 0 Å². The zero-order valence-electron chi connectivity index (χ0n) is 8.26. The standard InChI is InChI=1S/C9H17N3/c1-7(2)5-10-9-6-11-12(4)8(9)3/h6-7,10H,5H2,1-4H3. The van der Waals surface area contributed by atoms with E-state index in [1.54, 1.807) is 0 Å². The smallest absolute Gasteiger partial charge is 0.0756 e. The van der Waals surface area contributed by atoms with Crippen molar-refractivity contribution >= 4 is 5.69 Å². The van der Waals surface area contributed by atoms with Gasteiger partial charge in [-0.3, -0.25) is 4.68 Å². The number of rotatable bonds is 3. The lowest BCUT2D eigenvalue weighted by molar-refractivity contribution is 0.687. The number of nitrogens with one attached hydrogen (secondary N) is 1. The van der Waals surface area contributed by atoms with E-state index in [1.807, 2.05) is 17.9 Å². The van der Waals surface area contributed by atoms with Crippen LogP contribution in [0.4, 0.5) is 5.69 Å². The maximum absolute atomic E-state index is 4.15. The molecule has 0 amide bonds. The SMILES string of the molecule is Cc1c(NCC(C)C)cnn1C. The van der Waals surface area contributed by atoms with E-state index in [0.29, 0.717) is 5.92 Å². The van der Waals surface area contributed by atoms with E-state index < -0.39 is 0 Å². The third kappa shape index (κ3) is 2.00. The van der Waals surface area contributed by atoms with Gasteiger partial charge in [0, 0.05) is 13.6 Å². The molecular formula is C9H17N3. The zero-order chi connectivity index (χ0) is 9.14. The second kappa shape index (κ2) is 3.61. The highest BCUT2D eigenvalue weighted by atomic mass is 15.3. The van der Waals surface area contributed by atoms with Crippen LogP contribution in [-0.2, 0) is 7.05 Å². The molecule has 0 saturated carbocycles. The van der Waals surface area contributed by atoms with Crippen molar-refractivity contribution in [2.75, 3.05) is 11.9 Å². The first-order valence-corrected chi connectivity index (χ1v) is 4.33. The van der Waals surface area contributed by atoms with Gasteiger partial charge in [-0.05, 0) is 12.8 Å². The summed E-state index contributed by atoms with van der Waals surface area (Å²) in [5.74, 6) is 0.671. The van der Waals surface area contributed by atoms with Gasteiger partial charge in [-0.2, -0.15) is 5.10 Å². The van der Waals surface area contributed by atoms with Gasteiger partial charge >= 0.3 is 0 Å². The highest BCUT2D eigenvalue weighted by Gasteiger charge is 2.02. The van der Waals surface area contributed by atoms with Crippen molar-refractivity contribution in [3.05, 3.63) is 11.9 Å². The topological polar surface area (TPSA) is 29.9 Å². The van der Waals surface area contributed by atoms with Gasteiger partial charge in [0.25, 0.3) is 0 Å². The monoisotopic (exact) mass is 167 g/mol. The summed E-state index contributed by atoms with van der Waals surface area (Å²) in [5.41, 5.74) is 2.34. The molecule has 0 atom stereocenters. The van der Waals surface area contributed by atoms with Crippen LogP contribution >= 0.6 is 0 Å². The zero-order valence-corrected chi connectivity index (χ0v) is 8.26. The molecule has 0 aliphatic carbocycles. The normalized spacial score (nSPS) is 10.8. The van der Waals surface area contributed by atoms with E-state index in [0.717, 1.165) is 12.2 Å². The van der Waals surface area contributed by atoms with Gasteiger partial charge in [0.2, 0.25) is 0 Å². The van der Waals surface area contributed by atoms with Crippen LogP contribution in [0.25, 0.3) is 0 Å². The molecule has 1 heterocycles. The van der Waals surface area contributed by atoms with E-state index in [9.17, 15) is 0 Å². The van der Waals surface area contributed by atoms with E-state index in [1.165, 1.54) is 5.69 Å². The minimum absolute atomic E-state index is 0.671. The summed E-state index contributed by atoms with van der Waals surface area (Å²) in [6, 6.07) is 0. The summed E-state index contributed by atoms with van der Waals surface area (Å²) in [4.78, 5) is 0. The van der Waals surface area contributed by atoms with Gasteiger partial charge in [0.15, 0.2) is 0 Å². The molecular weight excluding hydrogens is 150 g/mol. The summed E-state index contributed by atoms with van der Waals surface area (Å²) >= 11 is 0. The predicted octanol–water partition coefficient (Wildman–Crippen LogP) is 1.80. The van der Waals surface area contributed by atoms with Crippen LogP contribution < -0.4 is 5.32 Å². The lowest BCUT2D eigenvalue weighted by Gasteiger charge is -2.07. The fraction of sp³-hybridized carbons (Fsp3) is 0.667. The average molecular weight is 167 g/mol. The second-order valence-corrected chi connectivity index (χ2v) is 3.54. The van der Waals surface area contributed by atoms with Crippen LogP contribution in [-0.4, -0.2) is 16.3 Å². The number of anilines is 1. The maximum atomic E-state index is 4.15. The van der Waals surface area contributed by atoms with Crippen molar-refractivity contribution in [3.8, 4) is 0 Å². The lowest BCUT2D eigenvalue weighted by atomic mass is 10.2. The highest BCUT2D eigenvalue weighted by Crippen LogP contribution is 2.12. The first kappa shape index (κ1) is 9.10. The molecule has 0 radical (unpaired) electrons. The summed E-state index contributed by atoms with van der Waals surface area (Å²) in [7, 11) is 1.95. The molecule has 0 spiro atoms. The van der Waals surface area contributed by atoms with Crippen LogP contribution in [0.15, 0.2) is 6.20 Å². The Bertz CT molecular complexity index is 250. The van der Waals surface area contributed by atoms with Crippen molar-refractivity contribution in [2.24, 2.45) is 13.0 Å². The fourth-order valence-corrected chi connectivity index (χ4v) is 0.986. The van der Waals surface area contributed by atoms with Crippen LogP contribution in [0.2, 0.25) is 0 Å². The van der Waals surface area contributed by atoms with E-state index in [4.69, 9.17) is 0 Å². The van der Waals surface area contributed by atoms with E-state index >= 15 is 0 Å². The molecule has 12 heavy (non-hydrogen) atoms. The predicted molar refractivity (Wildman–Crippen MR) is 51.3 cm³/mol. The van der Waals surface area contributed by atoms with E-state index in [2.05, 4.69) is 31.2 Å². The highest BCUT2D eigenvalue weighted by molar-refractivity contribution is 5.45. The quantitative estimate of drug-likeness (QED) is 0.744. The third-order valence-electron chi connectivity index (χ3n) is 1.94. The van der Waals surface area contributed by atoms with Crippen molar-refractivity contribution in [1.29, 1.82) is 0 Å². The molecule has 0 unspecified atom stereocenters. The number of aryl methyl sites for hydroxylation is 1. The van der Waals surface area contributed by atoms with Crippen LogP contribution in [0, 0.1) is 12.8 Å². The molecule has 0 aliphatic heterocycles. The van der Waals surface area contributed by atoms with Crippen molar-refractivity contribution in [3.63, 3.8) is 0 Å². The maximum Gasteiger partial charge on any atom is 0.0756 e. The minimum atomic E-state index is 0.671. The number of hydrogen-bond acceptors (Lipinski definition) is 2. The van der Waals surface area contributed by atoms with Crippen molar-refractivity contribution < 1.29 is 0 Å². The van der Waals surface area contributed by atoms with Gasteiger partial charge in [-0.15, -0.1) is 0 Å². The Morgan fingerprint density at radius 2 is 2.25 bits per heavy atom. The lowest BCUT2D eigenvalue weighted by Crippen LogP contribution is -2.08. The summed E-state index contributed by atoms with van der Waals surface area (Å²) < 4.78 is 1.88. The van der Waals surface area contributed by atoms with Gasteiger partial charge < -0.3 is 5.32 Å². The van der Waals surface area contributed by atoms with Gasteiger partial charge in [0.1, 0.15) is 0 Å². The number of nitrogens with zero attached hydrogens (tertiary/aromatic N) is 2. The van der Waals surface area contributed by atoms with Crippen molar-refractivity contribution in [1.82, 2.24) is 9.78 Å². The first-order valence-electron chi connectivity index (χ1n) is 4.33. The molecule has 1 N–H and O–H groups in total. The molecule has 0 aromatic carbocycles. The summed E-state index contributed by atoms with van der Waals surface area (Å²) in [6.07, 6.45) is 1.87. The Hall–Kier alpha value is -0.990. The molecule has 0 saturated heterocycles. The Labute approximate surface area is 73.8 Å². The summed E-state index contributed by atoms with van der Waals surface area (Å²) in [6.45, 7) is 7.46. The molecule has 0 fully saturated rings. The molecule has 0 bridgehead atoms. The molecule has 0 aliphatic rings. The molecule has 68 valence electrons. The number of hydrogen-bond donors (Lipinski definition) is 1. The number of aromatic nitrogens is 2. The molecule has 1 aromatic rings.